The first kappa shape index (κ1) is 11.2. The van der Waals surface area contributed by atoms with Gasteiger partial charge in [0, 0.05) is 18.3 Å². The Balaban J connectivity index is 2.67. The number of aromatic nitrogens is 1. The second kappa shape index (κ2) is 5.80. The Morgan fingerprint density at radius 2 is 2.40 bits per heavy atom. The fourth-order valence-electron chi connectivity index (χ4n) is 0.995. The van der Waals surface area contributed by atoms with E-state index in [4.69, 9.17) is 9.47 Å². The summed E-state index contributed by atoms with van der Waals surface area (Å²) < 4.78 is 9.70. The van der Waals surface area contributed by atoms with Gasteiger partial charge in [0.15, 0.2) is 0 Å². The highest BCUT2D eigenvalue weighted by Crippen LogP contribution is 2.09. The number of methoxy groups -OCH3 is 1. The van der Waals surface area contributed by atoms with E-state index in [2.05, 4.69) is 4.98 Å². The Kier molecular flexibility index (Phi) is 4.34. The largest absolute Gasteiger partial charge is 0.481 e. The van der Waals surface area contributed by atoms with E-state index in [-0.39, 0.29) is 5.97 Å². The molecule has 0 saturated heterocycles. The van der Waals surface area contributed by atoms with Crippen LogP contribution in [-0.4, -0.2) is 24.7 Å². The van der Waals surface area contributed by atoms with Crippen molar-refractivity contribution >= 4 is 12.0 Å². The summed E-state index contributed by atoms with van der Waals surface area (Å²) in [5.74, 6) is 0.161. The zero-order valence-electron chi connectivity index (χ0n) is 8.77. The zero-order chi connectivity index (χ0) is 11.1. The Morgan fingerprint density at radius 1 is 1.60 bits per heavy atom. The lowest BCUT2D eigenvalue weighted by Crippen LogP contribution is -1.98. The van der Waals surface area contributed by atoms with Crippen molar-refractivity contribution in [1.29, 1.82) is 0 Å². The highest BCUT2D eigenvalue weighted by atomic mass is 16.5. The van der Waals surface area contributed by atoms with Crippen molar-refractivity contribution < 1.29 is 14.3 Å². The Bertz CT molecular complexity index is 361. The average Bonchev–Trinajstić information content (AvgIpc) is 2.27. The van der Waals surface area contributed by atoms with Gasteiger partial charge >= 0.3 is 5.97 Å². The van der Waals surface area contributed by atoms with Gasteiger partial charge in [-0.05, 0) is 24.6 Å². The molecule has 0 aliphatic heterocycles. The van der Waals surface area contributed by atoms with Crippen LogP contribution in [0, 0.1) is 0 Å². The van der Waals surface area contributed by atoms with Crippen LogP contribution < -0.4 is 4.74 Å². The number of hydrogen-bond donors (Lipinski definition) is 0. The van der Waals surface area contributed by atoms with E-state index in [0.29, 0.717) is 12.5 Å². The van der Waals surface area contributed by atoms with Crippen LogP contribution in [0.2, 0.25) is 0 Å². The molecule has 0 aliphatic carbocycles. The van der Waals surface area contributed by atoms with Crippen molar-refractivity contribution in [2.24, 2.45) is 0 Å². The van der Waals surface area contributed by atoms with E-state index in [9.17, 15) is 4.79 Å². The Morgan fingerprint density at radius 3 is 3.07 bits per heavy atom. The van der Waals surface area contributed by atoms with Crippen LogP contribution in [0.25, 0.3) is 6.08 Å². The maximum Gasteiger partial charge on any atom is 0.330 e. The smallest absolute Gasteiger partial charge is 0.330 e. The third-order valence-corrected chi connectivity index (χ3v) is 1.67. The molecular weight excluding hydrogens is 194 g/mol. The van der Waals surface area contributed by atoms with Crippen LogP contribution in [0.15, 0.2) is 24.4 Å². The van der Waals surface area contributed by atoms with Crippen LogP contribution >= 0.6 is 0 Å². The number of esters is 1. The normalized spacial score (nSPS) is 10.3. The molecule has 0 spiro atoms. The second-order valence-corrected chi connectivity index (χ2v) is 2.72. The molecule has 0 amide bonds. The van der Waals surface area contributed by atoms with Crippen LogP contribution in [0.3, 0.4) is 0 Å². The highest BCUT2D eigenvalue weighted by Gasteiger charge is 1.96. The number of rotatable bonds is 4. The van der Waals surface area contributed by atoms with Crippen molar-refractivity contribution in [3.05, 3.63) is 30.0 Å². The lowest BCUT2D eigenvalue weighted by atomic mass is 10.2. The minimum atomic E-state index is -0.353. The summed E-state index contributed by atoms with van der Waals surface area (Å²) in [6, 6.07) is 3.51. The van der Waals surface area contributed by atoms with E-state index < -0.39 is 0 Å². The van der Waals surface area contributed by atoms with E-state index in [0.717, 1.165) is 5.56 Å². The van der Waals surface area contributed by atoms with Crippen molar-refractivity contribution in [3.8, 4) is 5.88 Å². The van der Waals surface area contributed by atoms with Gasteiger partial charge in [-0.25, -0.2) is 9.78 Å². The van der Waals surface area contributed by atoms with Crippen molar-refractivity contribution in [1.82, 2.24) is 4.98 Å². The van der Waals surface area contributed by atoms with Gasteiger partial charge in [-0.1, -0.05) is 0 Å². The quantitative estimate of drug-likeness (QED) is 0.556. The van der Waals surface area contributed by atoms with Gasteiger partial charge in [0.25, 0.3) is 0 Å². The molecule has 0 aromatic carbocycles. The number of carbonyl (C=O) groups is 1. The summed E-state index contributed by atoms with van der Waals surface area (Å²) in [5.41, 5.74) is 0.843. The molecule has 0 saturated carbocycles. The topological polar surface area (TPSA) is 48.4 Å². The standard InChI is InChI=1S/C11H13NO3/c1-3-15-11(13)5-4-9-6-7-12-10(8-9)14-2/h4-8H,3H2,1-2H3/b5-4+. The maximum absolute atomic E-state index is 11.0. The molecule has 4 heteroatoms. The van der Waals surface area contributed by atoms with Gasteiger partial charge in [0.05, 0.1) is 13.7 Å². The van der Waals surface area contributed by atoms with Crippen LogP contribution in [0.1, 0.15) is 12.5 Å². The molecule has 0 radical (unpaired) electrons. The Labute approximate surface area is 88.5 Å². The summed E-state index contributed by atoms with van der Waals surface area (Å²) in [4.78, 5) is 15.0. The predicted molar refractivity (Wildman–Crippen MR) is 56.5 cm³/mol. The van der Waals surface area contributed by atoms with Gasteiger partial charge in [-0.15, -0.1) is 0 Å². The minimum Gasteiger partial charge on any atom is -0.481 e. The maximum atomic E-state index is 11.0. The number of hydrogen-bond acceptors (Lipinski definition) is 4. The van der Waals surface area contributed by atoms with Gasteiger partial charge in [0.2, 0.25) is 5.88 Å². The minimum absolute atomic E-state index is 0.353. The Hall–Kier alpha value is -1.84. The molecule has 1 aromatic rings. The first-order chi connectivity index (χ1) is 7.26. The summed E-state index contributed by atoms with van der Waals surface area (Å²) in [6.07, 6.45) is 4.64. The second-order valence-electron chi connectivity index (χ2n) is 2.72. The first-order valence-corrected chi connectivity index (χ1v) is 4.61. The van der Waals surface area contributed by atoms with Gasteiger partial charge < -0.3 is 9.47 Å². The fraction of sp³-hybridized carbons (Fsp3) is 0.273. The molecular formula is C11H13NO3. The van der Waals surface area contributed by atoms with Gasteiger partial charge in [0.1, 0.15) is 0 Å². The van der Waals surface area contributed by atoms with Gasteiger partial charge in [-0.3, -0.25) is 0 Å². The van der Waals surface area contributed by atoms with Crippen molar-refractivity contribution in [3.63, 3.8) is 0 Å². The molecule has 0 aliphatic rings. The third kappa shape index (κ3) is 3.81. The third-order valence-electron chi connectivity index (χ3n) is 1.67. The van der Waals surface area contributed by atoms with E-state index in [1.165, 1.54) is 6.08 Å². The first-order valence-electron chi connectivity index (χ1n) is 4.61. The summed E-state index contributed by atoms with van der Waals surface area (Å²) in [7, 11) is 1.54. The summed E-state index contributed by atoms with van der Waals surface area (Å²) >= 11 is 0. The molecule has 1 aromatic heterocycles. The van der Waals surface area contributed by atoms with E-state index in [1.54, 1.807) is 38.4 Å². The lowest BCUT2D eigenvalue weighted by Gasteiger charge is -1.98. The SMILES string of the molecule is CCOC(=O)/C=C/c1ccnc(OC)c1. The zero-order valence-corrected chi connectivity index (χ0v) is 8.77. The van der Waals surface area contributed by atoms with Crippen molar-refractivity contribution in [2.75, 3.05) is 13.7 Å². The molecule has 0 unspecified atom stereocenters. The fourth-order valence-corrected chi connectivity index (χ4v) is 0.995. The number of pyridine rings is 1. The highest BCUT2D eigenvalue weighted by molar-refractivity contribution is 5.87. The molecule has 0 N–H and O–H groups in total. The van der Waals surface area contributed by atoms with E-state index >= 15 is 0 Å². The molecule has 4 nitrogen and oxygen atoms in total. The average molecular weight is 207 g/mol. The molecule has 1 rings (SSSR count). The molecule has 15 heavy (non-hydrogen) atoms. The number of nitrogens with zero attached hydrogens (tertiary/aromatic N) is 1. The monoisotopic (exact) mass is 207 g/mol. The number of carbonyl (C=O) groups excluding carboxylic acids is 1. The van der Waals surface area contributed by atoms with Crippen molar-refractivity contribution in [2.45, 2.75) is 6.92 Å². The molecule has 80 valence electrons. The molecule has 0 bridgehead atoms. The summed E-state index contributed by atoms with van der Waals surface area (Å²) in [5, 5.41) is 0. The summed E-state index contributed by atoms with van der Waals surface area (Å²) in [6.45, 7) is 2.14. The number of ether oxygens (including phenoxy) is 2. The molecule has 0 atom stereocenters. The molecule has 0 fully saturated rings. The van der Waals surface area contributed by atoms with Gasteiger partial charge in [-0.2, -0.15) is 0 Å². The molecule has 1 heterocycles. The lowest BCUT2D eigenvalue weighted by molar-refractivity contribution is -0.137. The van der Waals surface area contributed by atoms with Crippen LogP contribution in [-0.2, 0) is 9.53 Å². The van der Waals surface area contributed by atoms with Crippen LogP contribution in [0.4, 0.5) is 0 Å². The van der Waals surface area contributed by atoms with E-state index in [1.807, 2.05) is 0 Å². The van der Waals surface area contributed by atoms with Crippen LogP contribution in [0.5, 0.6) is 5.88 Å². The predicted octanol–water partition coefficient (Wildman–Crippen LogP) is 1.67.